The molecule has 4 heterocycles. The van der Waals surface area contributed by atoms with E-state index in [1.807, 2.05) is 12.1 Å². The minimum atomic E-state index is -1.71. The van der Waals surface area contributed by atoms with Crippen LogP contribution in [0.5, 0.6) is 11.5 Å². The van der Waals surface area contributed by atoms with Crippen LogP contribution < -0.4 is 9.47 Å². The third-order valence-electron chi connectivity index (χ3n) is 10.4. The fourth-order valence-corrected chi connectivity index (χ4v) is 8.22. The van der Waals surface area contributed by atoms with Crippen molar-refractivity contribution in [3.8, 4) is 11.5 Å². The van der Waals surface area contributed by atoms with E-state index in [1.165, 1.54) is 5.56 Å². The van der Waals surface area contributed by atoms with Gasteiger partial charge in [0.25, 0.3) is 0 Å². The van der Waals surface area contributed by atoms with Gasteiger partial charge in [-0.3, -0.25) is 0 Å². The Bertz CT molecular complexity index is 1340. The van der Waals surface area contributed by atoms with Crippen LogP contribution in [-0.2, 0) is 35.5 Å². The zero-order valence-corrected chi connectivity index (χ0v) is 24.8. The SMILES string of the molecule is COc1ccc2c3c1OC1C(OC(=O)OC[C@H]4O[C@H](O)[C@H](O)[C@H]4OC4O[C@H](C(O)CO)[C@H](O)[C@@H]4O)=CCC4[C@@H](C2)N(C)CC[C@]314. The average molecular weight is 638 g/mol. The van der Waals surface area contributed by atoms with Crippen molar-refractivity contribution >= 4 is 6.16 Å². The van der Waals surface area contributed by atoms with Gasteiger partial charge in [0, 0.05) is 17.0 Å². The molecule has 0 radical (unpaired) electrons. The van der Waals surface area contributed by atoms with Gasteiger partial charge < -0.3 is 68.7 Å². The summed E-state index contributed by atoms with van der Waals surface area (Å²) in [7, 11) is 3.73. The quantitative estimate of drug-likeness (QED) is 0.175. The number of carbonyl (C=O) groups is 1. The number of likely N-dealkylation sites (tertiary alicyclic amines) is 1. The third-order valence-corrected chi connectivity index (χ3v) is 10.4. The Morgan fingerprint density at radius 3 is 2.71 bits per heavy atom. The molecule has 6 N–H and O–H groups in total. The van der Waals surface area contributed by atoms with E-state index in [4.69, 9.17) is 33.2 Å². The van der Waals surface area contributed by atoms with Gasteiger partial charge in [0.1, 0.15) is 55.1 Å². The lowest BCUT2D eigenvalue weighted by atomic mass is 9.53. The molecule has 15 nitrogen and oxygen atoms in total. The van der Waals surface area contributed by atoms with Crippen LogP contribution >= 0.6 is 0 Å². The highest BCUT2D eigenvalue weighted by molar-refractivity contribution is 5.65. The van der Waals surface area contributed by atoms with Crippen molar-refractivity contribution in [3.05, 3.63) is 35.1 Å². The number of hydrogen-bond acceptors (Lipinski definition) is 15. The van der Waals surface area contributed by atoms with Crippen molar-refractivity contribution in [1.82, 2.24) is 4.90 Å². The van der Waals surface area contributed by atoms with Gasteiger partial charge in [-0.1, -0.05) is 6.07 Å². The lowest BCUT2D eigenvalue weighted by molar-refractivity contribution is -0.221. The number of piperidine rings is 1. The van der Waals surface area contributed by atoms with Crippen LogP contribution in [0.15, 0.2) is 24.0 Å². The van der Waals surface area contributed by atoms with Crippen molar-refractivity contribution in [2.75, 3.05) is 33.9 Å². The second-order valence-electron chi connectivity index (χ2n) is 12.6. The zero-order valence-electron chi connectivity index (χ0n) is 24.8. The van der Waals surface area contributed by atoms with Gasteiger partial charge in [-0.05, 0) is 56.5 Å². The summed E-state index contributed by atoms with van der Waals surface area (Å²) in [5, 5.41) is 60.2. The van der Waals surface area contributed by atoms with E-state index in [0.717, 1.165) is 24.9 Å². The largest absolute Gasteiger partial charge is 0.513 e. The van der Waals surface area contributed by atoms with Crippen molar-refractivity contribution in [2.45, 2.75) is 92.1 Å². The van der Waals surface area contributed by atoms with Gasteiger partial charge in [-0.15, -0.1) is 0 Å². The molecule has 2 aliphatic carbocycles. The molecule has 4 aliphatic heterocycles. The number of methoxy groups -OCH3 is 1. The maximum atomic E-state index is 13.1. The smallest absolute Gasteiger partial charge is 0.493 e. The minimum absolute atomic E-state index is 0.253. The van der Waals surface area contributed by atoms with Gasteiger partial charge >= 0.3 is 6.16 Å². The molecule has 6 aliphatic rings. The molecule has 3 fully saturated rings. The lowest BCUT2D eigenvalue weighted by Crippen LogP contribution is -2.63. The highest BCUT2D eigenvalue weighted by atomic mass is 16.8. The van der Waals surface area contributed by atoms with Crippen LogP contribution in [0.3, 0.4) is 0 Å². The van der Waals surface area contributed by atoms with Crippen molar-refractivity contribution in [1.29, 1.82) is 0 Å². The molecule has 1 aromatic carbocycles. The number of hydrogen-bond donors (Lipinski definition) is 6. The third kappa shape index (κ3) is 4.75. The molecule has 0 saturated carbocycles. The summed E-state index contributed by atoms with van der Waals surface area (Å²) in [6, 6.07) is 4.31. The van der Waals surface area contributed by atoms with E-state index >= 15 is 0 Å². The summed E-state index contributed by atoms with van der Waals surface area (Å²) >= 11 is 0. The summed E-state index contributed by atoms with van der Waals surface area (Å²) in [6.07, 6.45) is -11.0. The first kappa shape index (κ1) is 31.1. The Balaban J connectivity index is 1.04. The topological polar surface area (TPSA) is 206 Å². The van der Waals surface area contributed by atoms with E-state index in [9.17, 15) is 35.4 Å². The molecular weight excluding hydrogens is 598 g/mol. The predicted molar refractivity (Wildman–Crippen MR) is 148 cm³/mol. The second kappa shape index (κ2) is 11.6. The zero-order chi connectivity index (χ0) is 31.8. The first-order valence-electron chi connectivity index (χ1n) is 15.2. The Morgan fingerprint density at radius 1 is 1.16 bits per heavy atom. The van der Waals surface area contributed by atoms with Crippen LogP contribution in [0.4, 0.5) is 4.79 Å². The van der Waals surface area contributed by atoms with Crippen LogP contribution in [0.2, 0.25) is 0 Å². The van der Waals surface area contributed by atoms with Gasteiger partial charge in [-0.25, -0.2) is 4.79 Å². The van der Waals surface area contributed by atoms with E-state index < -0.39 is 86.2 Å². The first-order valence-corrected chi connectivity index (χ1v) is 15.2. The van der Waals surface area contributed by atoms with Crippen LogP contribution in [0, 0.1) is 5.92 Å². The van der Waals surface area contributed by atoms with Crippen molar-refractivity contribution in [2.24, 2.45) is 5.92 Å². The van der Waals surface area contributed by atoms with Gasteiger partial charge in [-0.2, -0.15) is 0 Å². The second-order valence-corrected chi connectivity index (χ2v) is 12.6. The average Bonchev–Trinajstić information content (AvgIpc) is 3.63. The van der Waals surface area contributed by atoms with E-state index in [-0.39, 0.29) is 5.92 Å². The molecule has 0 amide bonds. The normalized spacial score (nSPS) is 42.0. The predicted octanol–water partition coefficient (Wildman–Crippen LogP) is -1.73. The molecule has 15 heteroatoms. The maximum Gasteiger partial charge on any atom is 0.513 e. The Labute approximate surface area is 258 Å². The van der Waals surface area contributed by atoms with Crippen molar-refractivity contribution < 1.29 is 68.6 Å². The number of rotatable bonds is 8. The molecule has 13 atom stereocenters. The highest BCUT2D eigenvalue weighted by Crippen LogP contribution is 2.63. The number of aliphatic hydroxyl groups excluding tert-OH is 6. The molecule has 7 rings (SSSR count). The number of ether oxygens (including phenoxy) is 7. The molecule has 2 bridgehead atoms. The molecule has 45 heavy (non-hydrogen) atoms. The molecule has 248 valence electrons. The van der Waals surface area contributed by atoms with Gasteiger partial charge in [0.2, 0.25) is 0 Å². The fraction of sp³-hybridized carbons (Fsp3) is 0.700. The number of likely N-dealkylation sites (N-methyl/N-ethyl adjacent to an activating group) is 1. The van der Waals surface area contributed by atoms with Crippen LogP contribution in [0.1, 0.15) is 24.0 Å². The molecule has 4 unspecified atom stereocenters. The minimum Gasteiger partial charge on any atom is -0.493 e. The lowest BCUT2D eigenvalue weighted by Gasteiger charge is -2.56. The fourth-order valence-electron chi connectivity index (χ4n) is 8.22. The summed E-state index contributed by atoms with van der Waals surface area (Å²) in [4.78, 5) is 15.4. The molecule has 1 spiro atoms. The van der Waals surface area contributed by atoms with Gasteiger partial charge in [0.05, 0.1) is 13.7 Å². The van der Waals surface area contributed by atoms with E-state index in [0.29, 0.717) is 29.7 Å². The molecular formula is C30H39NO14. The van der Waals surface area contributed by atoms with Crippen molar-refractivity contribution in [3.63, 3.8) is 0 Å². The Morgan fingerprint density at radius 2 is 1.96 bits per heavy atom. The summed E-state index contributed by atoms with van der Waals surface area (Å²) in [6.45, 7) is -0.393. The molecule has 0 aromatic heterocycles. The van der Waals surface area contributed by atoms with E-state index in [2.05, 4.69) is 18.0 Å². The summed E-state index contributed by atoms with van der Waals surface area (Å²) in [5.74, 6) is 1.88. The number of nitrogens with zero attached hydrogens (tertiary/aromatic N) is 1. The molecule has 1 aromatic rings. The van der Waals surface area contributed by atoms with E-state index in [1.54, 1.807) is 7.11 Å². The Hall–Kier alpha value is -2.57. The van der Waals surface area contributed by atoms with Gasteiger partial charge in [0.15, 0.2) is 30.2 Å². The highest BCUT2D eigenvalue weighted by Gasteiger charge is 2.65. The molecule has 3 saturated heterocycles. The number of carbonyl (C=O) groups excluding carboxylic acids is 1. The number of allylic oxidation sites excluding steroid dienone is 1. The maximum absolute atomic E-state index is 13.1. The van der Waals surface area contributed by atoms with Crippen LogP contribution in [-0.4, -0.2) is 143 Å². The van der Waals surface area contributed by atoms with Crippen LogP contribution in [0.25, 0.3) is 0 Å². The standard InChI is InChI=1S/C30H39NO14/c1-31-8-7-30-13-4-6-17(26(30)43-24-16(39-2)5-3-12(19(24)30)9-14(13)31)42-29(38)40-11-18-25(22(36)27(37)41-18)45-28-21(35)20(34)23(44-28)15(33)10-32/h3,5-6,13-15,18,20-23,25-28,32-37H,4,7-11H2,1-2H3/t13?,14-,15?,18-,20-,21+,22-,23-,25+,26?,27+,28?,30+/m1/s1. The summed E-state index contributed by atoms with van der Waals surface area (Å²) < 4.78 is 39.6. The first-order chi connectivity index (χ1) is 21.6. The Kier molecular flexibility index (Phi) is 8.00. The number of benzene rings is 1. The summed E-state index contributed by atoms with van der Waals surface area (Å²) in [5.41, 5.74) is 1.93. The number of aliphatic hydroxyl groups is 6. The monoisotopic (exact) mass is 637 g/mol.